The fourth-order valence-electron chi connectivity index (χ4n) is 1.11. The van der Waals surface area contributed by atoms with E-state index < -0.39 is 27.1 Å². The van der Waals surface area contributed by atoms with E-state index in [1.54, 1.807) is 0 Å². The van der Waals surface area contributed by atoms with Gasteiger partial charge in [-0.1, -0.05) is 12.2 Å². The summed E-state index contributed by atoms with van der Waals surface area (Å²) < 4.78 is -0.144. The summed E-state index contributed by atoms with van der Waals surface area (Å²) in [5, 5.41) is 23.3. The lowest BCUT2D eigenvalue weighted by Gasteiger charge is -2.02. The molecule has 0 aromatic heterocycles. The number of hydrogen-bond acceptors (Lipinski definition) is 6. The maximum absolute atomic E-state index is 11.5. The number of hydrogen-bond donors (Lipinski definition) is 2. The summed E-state index contributed by atoms with van der Waals surface area (Å²) >= 11 is 8.16. The SMILES string of the molecule is O=C(NC(=S)S)c1cc([N+](=O)[O-])cc([N+](=O)[O-])c1. The van der Waals surface area contributed by atoms with Crippen molar-refractivity contribution in [2.24, 2.45) is 0 Å². The number of carbonyl (C=O) groups is 1. The van der Waals surface area contributed by atoms with Crippen molar-refractivity contribution in [3.63, 3.8) is 0 Å². The first-order valence-electron chi connectivity index (χ1n) is 4.29. The summed E-state index contributed by atoms with van der Waals surface area (Å²) in [6.45, 7) is 0. The first kappa shape index (κ1) is 14.0. The van der Waals surface area contributed by atoms with E-state index in [9.17, 15) is 25.0 Å². The second kappa shape index (κ2) is 5.51. The van der Waals surface area contributed by atoms with Gasteiger partial charge < -0.3 is 5.32 Å². The number of thiol groups is 1. The van der Waals surface area contributed by atoms with E-state index in [1.165, 1.54) is 0 Å². The molecule has 0 aliphatic carbocycles. The first-order chi connectivity index (χ1) is 8.31. The van der Waals surface area contributed by atoms with E-state index >= 15 is 0 Å². The van der Waals surface area contributed by atoms with E-state index in [0.29, 0.717) is 0 Å². The number of amides is 1. The van der Waals surface area contributed by atoms with Crippen LogP contribution in [0.5, 0.6) is 0 Å². The molecule has 0 spiro atoms. The van der Waals surface area contributed by atoms with Crippen molar-refractivity contribution < 1.29 is 14.6 Å². The van der Waals surface area contributed by atoms with Gasteiger partial charge in [-0.05, 0) is 0 Å². The van der Waals surface area contributed by atoms with Gasteiger partial charge in [0.2, 0.25) is 0 Å². The van der Waals surface area contributed by atoms with Gasteiger partial charge in [-0.25, -0.2) is 0 Å². The summed E-state index contributed by atoms with van der Waals surface area (Å²) in [6, 6.07) is 2.58. The fraction of sp³-hybridized carbons (Fsp3) is 0. The summed E-state index contributed by atoms with van der Waals surface area (Å²) in [5.41, 5.74) is -1.36. The second-order valence-corrected chi connectivity index (χ2v) is 4.17. The molecule has 1 amide bonds. The van der Waals surface area contributed by atoms with Crippen molar-refractivity contribution in [2.75, 3.05) is 0 Å². The van der Waals surface area contributed by atoms with Crippen molar-refractivity contribution in [1.82, 2.24) is 5.32 Å². The van der Waals surface area contributed by atoms with E-state index in [0.717, 1.165) is 18.2 Å². The molecule has 1 rings (SSSR count). The van der Waals surface area contributed by atoms with Crippen LogP contribution >= 0.6 is 24.8 Å². The van der Waals surface area contributed by atoms with E-state index in [1.807, 2.05) is 0 Å². The largest absolute Gasteiger partial charge is 0.308 e. The number of nitrogens with one attached hydrogen (secondary N) is 1. The van der Waals surface area contributed by atoms with Gasteiger partial charge in [-0.3, -0.25) is 25.0 Å². The van der Waals surface area contributed by atoms with Gasteiger partial charge in [0.25, 0.3) is 17.3 Å². The third kappa shape index (κ3) is 3.46. The molecule has 18 heavy (non-hydrogen) atoms. The molecule has 0 saturated carbocycles. The molecule has 0 heterocycles. The van der Waals surface area contributed by atoms with Crippen LogP contribution < -0.4 is 5.32 Å². The van der Waals surface area contributed by atoms with Gasteiger partial charge >= 0.3 is 0 Å². The van der Waals surface area contributed by atoms with Gasteiger partial charge in [0.15, 0.2) is 0 Å². The van der Waals surface area contributed by atoms with Crippen molar-refractivity contribution >= 4 is 46.4 Å². The molecule has 8 nitrogen and oxygen atoms in total. The molecule has 1 aromatic rings. The van der Waals surface area contributed by atoms with Crippen molar-refractivity contribution in [1.29, 1.82) is 0 Å². The number of nitro benzene ring substituents is 2. The van der Waals surface area contributed by atoms with Crippen molar-refractivity contribution in [3.8, 4) is 0 Å². The first-order valence-corrected chi connectivity index (χ1v) is 5.15. The Labute approximate surface area is 111 Å². The van der Waals surface area contributed by atoms with Crippen LogP contribution in [-0.4, -0.2) is 20.1 Å². The number of rotatable bonds is 3. The molecule has 0 atom stereocenters. The van der Waals surface area contributed by atoms with Gasteiger partial charge in [0, 0.05) is 12.1 Å². The molecule has 1 aromatic carbocycles. The molecule has 0 aliphatic heterocycles. The number of carbonyl (C=O) groups excluding carboxylic acids is 1. The molecule has 0 unspecified atom stereocenters. The molecule has 0 fully saturated rings. The molecule has 94 valence electrons. The molecular weight excluding hydrogens is 282 g/mol. The molecule has 0 bridgehead atoms. The topological polar surface area (TPSA) is 115 Å². The lowest BCUT2D eigenvalue weighted by molar-refractivity contribution is -0.394. The summed E-state index contributed by atoms with van der Waals surface area (Å²) in [5.74, 6) is -0.804. The van der Waals surface area contributed by atoms with Crippen LogP contribution in [0.3, 0.4) is 0 Å². The Kier molecular flexibility index (Phi) is 4.28. The van der Waals surface area contributed by atoms with Gasteiger partial charge in [-0.15, -0.1) is 12.6 Å². The predicted octanol–water partition coefficient (Wildman–Crippen LogP) is 1.45. The quantitative estimate of drug-likeness (QED) is 0.376. The van der Waals surface area contributed by atoms with Crippen LogP contribution in [-0.2, 0) is 0 Å². The Morgan fingerprint density at radius 2 is 1.61 bits per heavy atom. The van der Waals surface area contributed by atoms with Crippen LogP contribution in [0, 0.1) is 20.2 Å². The molecular formula is C8H5N3O5S2. The second-order valence-electron chi connectivity index (χ2n) is 3.01. The van der Waals surface area contributed by atoms with Crippen molar-refractivity contribution in [3.05, 3.63) is 44.0 Å². The Balaban J connectivity index is 3.27. The Morgan fingerprint density at radius 1 is 1.17 bits per heavy atom. The molecule has 0 aliphatic rings. The fourth-order valence-corrected chi connectivity index (χ4v) is 1.30. The summed E-state index contributed by atoms with van der Waals surface area (Å²) in [7, 11) is 0. The van der Waals surface area contributed by atoms with Crippen LogP contribution in [0.25, 0.3) is 0 Å². The Hall–Kier alpha value is -2.07. The zero-order chi connectivity index (χ0) is 13.9. The van der Waals surface area contributed by atoms with E-state index in [-0.39, 0.29) is 9.88 Å². The number of non-ortho nitro benzene ring substituents is 2. The Morgan fingerprint density at radius 3 is 1.94 bits per heavy atom. The van der Waals surface area contributed by atoms with Gasteiger partial charge in [0.05, 0.1) is 21.5 Å². The minimum absolute atomic E-state index is 0.144. The highest BCUT2D eigenvalue weighted by molar-refractivity contribution is 8.11. The summed E-state index contributed by atoms with van der Waals surface area (Å²) in [6.07, 6.45) is 0. The molecule has 0 radical (unpaired) electrons. The van der Waals surface area contributed by atoms with E-state index in [2.05, 4.69) is 30.2 Å². The lowest BCUT2D eigenvalue weighted by Crippen LogP contribution is -2.25. The predicted molar refractivity (Wildman–Crippen MR) is 68.8 cm³/mol. The minimum atomic E-state index is -0.831. The molecule has 1 N–H and O–H groups in total. The highest BCUT2D eigenvalue weighted by Crippen LogP contribution is 2.22. The van der Waals surface area contributed by atoms with Crippen LogP contribution in [0.4, 0.5) is 11.4 Å². The van der Waals surface area contributed by atoms with Gasteiger partial charge in [-0.2, -0.15) is 0 Å². The normalized spacial score (nSPS) is 9.61. The average molecular weight is 287 g/mol. The monoisotopic (exact) mass is 287 g/mol. The minimum Gasteiger partial charge on any atom is -0.308 e. The smallest absolute Gasteiger partial charge is 0.277 e. The van der Waals surface area contributed by atoms with Crippen LogP contribution in [0.15, 0.2) is 18.2 Å². The van der Waals surface area contributed by atoms with Crippen LogP contribution in [0.1, 0.15) is 10.4 Å². The third-order valence-corrected chi connectivity index (χ3v) is 2.02. The number of nitro groups is 2. The zero-order valence-electron chi connectivity index (χ0n) is 8.52. The lowest BCUT2D eigenvalue weighted by atomic mass is 10.1. The van der Waals surface area contributed by atoms with Crippen LogP contribution in [0.2, 0.25) is 0 Å². The average Bonchev–Trinajstić information content (AvgIpc) is 2.27. The van der Waals surface area contributed by atoms with Gasteiger partial charge in [0.1, 0.15) is 4.32 Å². The zero-order valence-corrected chi connectivity index (χ0v) is 10.2. The number of benzene rings is 1. The standard InChI is InChI=1S/C8H5N3O5S2/c12-7(9-8(17)18)4-1-5(10(13)14)3-6(2-4)11(15)16/h1-3H,(H2,9,12,17,18). The number of thiocarbonyl (C=S) groups is 1. The molecule has 10 heteroatoms. The van der Waals surface area contributed by atoms with Crippen molar-refractivity contribution in [2.45, 2.75) is 0 Å². The molecule has 0 saturated heterocycles. The summed E-state index contributed by atoms with van der Waals surface area (Å²) in [4.78, 5) is 31.0. The highest BCUT2D eigenvalue weighted by Gasteiger charge is 2.19. The Bertz CT molecular complexity index is 527. The maximum atomic E-state index is 11.5. The highest BCUT2D eigenvalue weighted by atomic mass is 32.1. The number of nitrogens with zero attached hydrogens (tertiary/aromatic N) is 2. The maximum Gasteiger partial charge on any atom is 0.277 e. The third-order valence-electron chi connectivity index (χ3n) is 1.81. The van der Waals surface area contributed by atoms with E-state index in [4.69, 9.17) is 0 Å².